The number of carbonyl (C=O) groups is 1. The minimum Gasteiger partial charge on any atom is -0.325 e. The molecule has 0 saturated carbocycles. The number of anilines is 1. The number of nitrogens with one attached hydrogen (secondary N) is 2. The van der Waals surface area contributed by atoms with Crippen molar-refractivity contribution in [2.75, 3.05) is 11.9 Å². The van der Waals surface area contributed by atoms with Gasteiger partial charge in [-0.05, 0) is 42.8 Å². The summed E-state index contributed by atoms with van der Waals surface area (Å²) >= 11 is 0. The lowest BCUT2D eigenvalue weighted by atomic mass is 10.1. The van der Waals surface area contributed by atoms with E-state index in [2.05, 4.69) is 10.6 Å². The molecule has 6 nitrogen and oxygen atoms in total. The number of halogens is 1. The number of amides is 1. The van der Waals surface area contributed by atoms with E-state index < -0.39 is 10.0 Å². The lowest BCUT2D eigenvalue weighted by Crippen LogP contribution is -2.30. The Hall–Kier alpha value is -2.29. The highest BCUT2D eigenvalue weighted by atomic mass is 32.2. The Morgan fingerprint density at radius 1 is 1.21 bits per heavy atom. The summed E-state index contributed by atoms with van der Waals surface area (Å²) in [5.74, 6) is -0.699. The smallest absolute Gasteiger partial charge is 0.238 e. The van der Waals surface area contributed by atoms with Gasteiger partial charge >= 0.3 is 0 Å². The topological polar surface area (TPSA) is 101 Å². The molecular weight excluding hydrogens is 333 g/mol. The van der Waals surface area contributed by atoms with Crippen molar-refractivity contribution >= 4 is 21.6 Å². The van der Waals surface area contributed by atoms with Crippen LogP contribution in [0.2, 0.25) is 0 Å². The van der Waals surface area contributed by atoms with Crippen LogP contribution in [0.3, 0.4) is 0 Å². The van der Waals surface area contributed by atoms with E-state index in [9.17, 15) is 17.6 Å². The second kappa shape index (κ2) is 7.52. The van der Waals surface area contributed by atoms with Crippen LogP contribution in [0.15, 0.2) is 53.4 Å². The van der Waals surface area contributed by atoms with Crippen LogP contribution in [0.25, 0.3) is 0 Å². The van der Waals surface area contributed by atoms with Gasteiger partial charge in [0.05, 0.1) is 11.4 Å². The van der Waals surface area contributed by atoms with E-state index in [4.69, 9.17) is 5.14 Å². The number of hydrogen-bond acceptors (Lipinski definition) is 4. The normalized spacial score (nSPS) is 12.6. The molecule has 128 valence electrons. The predicted molar refractivity (Wildman–Crippen MR) is 89.3 cm³/mol. The minimum atomic E-state index is -3.83. The standard InChI is InChI=1S/C16H18FN3O3S/c1-11(12-4-2-5-13(17)8-12)19-10-16(21)20-14-6-3-7-15(9-14)24(18,22)23/h2-9,11,19H,10H2,1H3,(H,20,21)(H2,18,22,23)/t11-/m1/s1. The molecule has 0 aromatic heterocycles. The quantitative estimate of drug-likeness (QED) is 0.738. The second-order valence-electron chi connectivity index (χ2n) is 5.28. The largest absolute Gasteiger partial charge is 0.325 e. The monoisotopic (exact) mass is 351 g/mol. The molecule has 24 heavy (non-hydrogen) atoms. The molecule has 0 heterocycles. The van der Waals surface area contributed by atoms with Gasteiger partial charge in [-0.25, -0.2) is 17.9 Å². The molecule has 4 N–H and O–H groups in total. The first-order chi connectivity index (χ1) is 11.3. The van der Waals surface area contributed by atoms with Crippen LogP contribution in [-0.2, 0) is 14.8 Å². The Morgan fingerprint density at radius 2 is 1.92 bits per heavy atom. The van der Waals surface area contributed by atoms with Crippen LogP contribution in [0.4, 0.5) is 10.1 Å². The molecule has 0 fully saturated rings. The molecule has 0 unspecified atom stereocenters. The fourth-order valence-electron chi connectivity index (χ4n) is 2.10. The first-order valence-electron chi connectivity index (χ1n) is 7.17. The maximum atomic E-state index is 13.2. The van der Waals surface area contributed by atoms with Gasteiger partial charge in [-0.3, -0.25) is 4.79 Å². The predicted octanol–water partition coefficient (Wildman–Crippen LogP) is 1.76. The fourth-order valence-corrected chi connectivity index (χ4v) is 2.66. The van der Waals surface area contributed by atoms with Crippen LogP contribution >= 0.6 is 0 Å². The van der Waals surface area contributed by atoms with Gasteiger partial charge < -0.3 is 10.6 Å². The van der Waals surface area contributed by atoms with Crippen molar-refractivity contribution in [1.82, 2.24) is 5.32 Å². The summed E-state index contributed by atoms with van der Waals surface area (Å²) in [5, 5.41) is 10.6. The van der Waals surface area contributed by atoms with Gasteiger partial charge in [-0.2, -0.15) is 0 Å². The number of benzene rings is 2. The van der Waals surface area contributed by atoms with E-state index in [1.165, 1.54) is 30.3 Å². The van der Waals surface area contributed by atoms with Crippen LogP contribution in [0, 0.1) is 5.82 Å². The molecule has 1 amide bonds. The third kappa shape index (κ3) is 5.12. The summed E-state index contributed by atoms with van der Waals surface area (Å²) in [5.41, 5.74) is 1.05. The lowest BCUT2D eigenvalue weighted by Gasteiger charge is -2.14. The summed E-state index contributed by atoms with van der Waals surface area (Å²) in [6.07, 6.45) is 0. The maximum absolute atomic E-state index is 13.2. The van der Waals surface area contributed by atoms with Crippen LogP contribution < -0.4 is 15.8 Å². The van der Waals surface area contributed by atoms with Gasteiger partial charge in [0.2, 0.25) is 15.9 Å². The number of primary sulfonamides is 1. The summed E-state index contributed by atoms with van der Waals surface area (Å²) in [6.45, 7) is 1.79. The first-order valence-corrected chi connectivity index (χ1v) is 8.72. The minimum absolute atomic E-state index is 0.0166. The zero-order chi connectivity index (χ0) is 17.7. The van der Waals surface area contributed by atoms with Crippen molar-refractivity contribution in [1.29, 1.82) is 0 Å². The van der Waals surface area contributed by atoms with Crippen LogP contribution in [-0.4, -0.2) is 20.9 Å². The van der Waals surface area contributed by atoms with E-state index in [0.717, 1.165) is 5.56 Å². The molecule has 0 aliphatic rings. The number of nitrogens with two attached hydrogens (primary N) is 1. The summed E-state index contributed by atoms with van der Waals surface area (Å²) < 4.78 is 35.8. The average molecular weight is 351 g/mol. The molecule has 0 radical (unpaired) electrons. The summed E-state index contributed by atoms with van der Waals surface area (Å²) in [7, 11) is -3.83. The summed E-state index contributed by atoms with van der Waals surface area (Å²) in [4.78, 5) is 11.9. The zero-order valence-corrected chi connectivity index (χ0v) is 13.8. The Balaban J connectivity index is 1.94. The lowest BCUT2D eigenvalue weighted by molar-refractivity contribution is -0.115. The Kier molecular flexibility index (Phi) is 5.66. The highest BCUT2D eigenvalue weighted by Gasteiger charge is 2.11. The SMILES string of the molecule is C[C@@H](NCC(=O)Nc1cccc(S(N)(=O)=O)c1)c1cccc(F)c1. The van der Waals surface area contributed by atoms with Gasteiger partial charge in [-0.1, -0.05) is 18.2 Å². The van der Waals surface area contributed by atoms with Crippen LogP contribution in [0.1, 0.15) is 18.5 Å². The molecule has 0 aliphatic carbocycles. The van der Waals surface area contributed by atoms with Gasteiger partial charge in [0.15, 0.2) is 0 Å². The van der Waals surface area contributed by atoms with E-state index in [-0.39, 0.29) is 29.2 Å². The third-order valence-corrected chi connectivity index (χ3v) is 4.27. The van der Waals surface area contributed by atoms with Crippen molar-refractivity contribution in [2.45, 2.75) is 17.9 Å². The van der Waals surface area contributed by atoms with Gasteiger partial charge in [0, 0.05) is 11.7 Å². The van der Waals surface area contributed by atoms with Crippen molar-refractivity contribution in [3.63, 3.8) is 0 Å². The third-order valence-electron chi connectivity index (χ3n) is 3.36. The molecule has 0 bridgehead atoms. The van der Waals surface area contributed by atoms with E-state index in [0.29, 0.717) is 5.69 Å². The maximum Gasteiger partial charge on any atom is 0.238 e. The summed E-state index contributed by atoms with van der Waals surface area (Å²) in [6, 6.07) is 11.5. The molecule has 0 saturated heterocycles. The molecule has 0 aliphatic heterocycles. The molecule has 0 spiro atoms. The second-order valence-corrected chi connectivity index (χ2v) is 6.84. The number of sulfonamides is 1. The molecular formula is C16H18FN3O3S. The van der Waals surface area contributed by atoms with E-state index in [1.807, 2.05) is 6.92 Å². The highest BCUT2D eigenvalue weighted by Crippen LogP contribution is 2.15. The fraction of sp³-hybridized carbons (Fsp3) is 0.188. The van der Waals surface area contributed by atoms with E-state index in [1.54, 1.807) is 18.2 Å². The molecule has 8 heteroatoms. The van der Waals surface area contributed by atoms with Crippen molar-refractivity contribution in [3.8, 4) is 0 Å². The van der Waals surface area contributed by atoms with Gasteiger partial charge in [0.25, 0.3) is 0 Å². The van der Waals surface area contributed by atoms with Crippen molar-refractivity contribution in [3.05, 3.63) is 59.9 Å². The Bertz CT molecular complexity index is 840. The Morgan fingerprint density at radius 3 is 2.58 bits per heavy atom. The number of rotatable bonds is 6. The van der Waals surface area contributed by atoms with E-state index >= 15 is 0 Å². The number of carbonyl (C=O) groups excluding carboxylic acids is 1. The average Bonchev–Trinajstić information content (AvgIpc) is 2.52. The first kappa shape index (κ1) is 18.1. The molecule has 2 aromatic rings. The highest BCUT2D eigenvalue weighted by molar-refractivity contribution is 7.89. The van der Waals surface area contributed by atoms with Gasteiger partial charge in [0.1, 0.15) is 5.82 Å². The Labute approximate surface area is 139 Å². The van der Waals surface area contributed by atoms with Crippen molar-refractivity contribution < 1.29 is 17.6 Å². The van der Waals surface area contributed by atoms with Gasteiger partial charge in [-0.15, -0.1) is 0 Å². The molecule has 2 rings (SSSR count). The molecule has 2 aromatic carbocycles. The molecule has 1 atom stereocenters. The van der Waals surface area contributed by atoms with Crippen molar-refractivity contribution in [2.24, 2.45) is 5.14 Å². The zero-order valence-electron chi connectivity index (χ0n) is 13.0. The van der Waals surface area contributed by atoms with Crippen LogP contribution in [0.5, 0.6) is 0 Å². The number of hydrogen-bond donors (Lipinski definition) is 3.